The van der Waals surface area contributed by atoms with Gasteiger partial charge in [-0.15, -0.1) is 0 Å². The predicted octanol–water partition coefficient (Wildman–Crippen LogP) is 3.66. The Morgan fingerprint density at radius 1 is 1.10 bits per heavy atom. The van der Waals surface area contributed by atoms with Gasteiger partial charge in [-0.1, -0.05) is 28.4 Å². The smallest absolute Gasteiger partial charge is 0.258 e. The van der Waals surface area contributed by atoms with Crippen LogP contribution in [0.3, 0.4) is 0 Å². The van der Waals surface area contributed by atoms with Crippen molar-refractivity contribution in [2.24, 2.45) is 0 Å². The SMILES string of the molecule is COc1ccc(OCc2noc(CNC(=O)COc3ccc(Cl)cc3Cl)n2)cc1. The van der Waals surface area contributed by atoms with Crippen LogP contribution in [0.25, 0.3) is 0 Å². The summed E-state index contributed by atoms with van der Waals surface area (Å²) in [5.74, 6) is 1.97. The molecule has 0 aliphatic rings. The van der Waals surface area contributed by atoms with E-state index in [1.165, 1.54) is 6.07 Å². The lowest BCUT2D eigenvalue weighted by Crippen LogP contribution is -2.28. The van der Waals surface area contributed by atoms with Crippen molar-refractivity contribution in [2.45, 2.75) is 13.2 Å². The summed E-state index contributed by atoms with van der Waals surface area (Å²) in [4.78, 5) is 16.1. The summed E-state index contributed by atoms with van der Waals surface area (Å²) >= 11 is 11.8. The molecule has 10 heteroatoms. The number of halogens is 2. The highest BCUT2D eigenvalue weighted by molar-refractivity contribution is 6.35. The van der Waals surface area contributed by atoms with E-state index < -0.39 is 0 Å². The number of nitrogens with zero attached hydrogens (tertiary/aromatic N) is 2. The topological polar surface area (TPSA) is 95.7 Å². The molecule has 1 aromatic heterocycles. The highest BCUT2D eigenvalue weighted by atomic mass is 35.5. The molecule has 1 N–H and O–H groups in total. The maximum atomic E-state index is 11.9. The zero-order chi connectivity index (χ0) is 20.6. The van der Waals surface area contributed by atoms with Gasteiger partial charge in [-0.3, -0.25) is 4.79 Å². The number of aromatic nitrogens is 2. The van der Waals surface area contributed by atoms with Gasteiger partial charge in [-0.25, -0.2) is 0 Å². The van der Waals surface area contributed by atoms with Crippen LogP contribution in [0.1, 0.15) is 11.7 Å². The number of amides is 1. The Labute approximate surface area is 176 Å². The molecule has 29 heavy (non-hydrogen) atoms. The van der Waals surface area contributed by atoms with Gasteiger partial charge in [0, 0.05) is 5.02 Å². The van der Waals surface area contributed by atoms with Crippen LogP contribution < -0.4 is 19.5 Å². The van der Waals surface area contributed by atoms with Gasteiger partial charge in [-0.05, 0) is 42.5 Å². The molecule has 3 rings (SSSR count). The van der Waals surface area contributed by atoms with E-state index >= 15 is 0 Å². The normalized spacial score (nSPS) is 10.4. The average molecular weight is 438 g/mol. The minimum Gasteiger partial charge on any atom is -0.497 e. The Balaban J connectivity index is 1.41. The Kier molecular flexibility index (Phi) is 7.15. The summed E-state index contributed by atoms with van der Waals surface area (Å²) < 4.78 is 21.1. The number of rotatable bonds is 9. The van der Waals surface area contributed by atoms with Crippen LogP contribution >= 0.6 is 23.2 Å². The van der Waals surface area contributed by atoms with E-state index in [4.69, 9.17) is 41.9 Å². The number of hydrogen-bond donors (Lipinski definition) is 1. The molecule has 1 amide bonds. The molecule has 0 spiro atoms. The largest absolute Gasteiger partial charge is 0.497 e. The van der Waals surface area contributed by atoms with Crippen molar-refractivity contribution in [3.63, 3.8) is 0 Å². The highest BCUT2D eigenvalue weighted by Gasteiger charge is 2.10. The quantitative estimate of drug-likeness (QED) is 0.545. The summed E-state index contributed by atoms with van der Waals surface area (Å²) in [6.45, 7) is -0.0308. The first kappa shape index (κ1) is 20.8. The second kappa shape index (κ2) is 9.99. The van der Waals surface area contributed by atoms with E-state index in [1.54, 1.807) is 43.5 Å². The van der Waals surface area contributed by atoms with Crippen LogP contribution in [0.5, 0.6) is 17.2 Å². The minimum absolute atomic E-state index is 0.0616. The molecule has 8 nitrogen and oxygen atoms in total. The summed E-state index contributed by atoms with van der Waals surface area (Å²) in [7, 11) is 1.59. The van der Waals surface area contributed by atoms with E-state index in [0.29, 0.717) is 27.4 Å². The predicted molar refractivity (Wildman–Crippen MR) is 105 cm³/mol. The van der Waals surface area contributed by atoms with Gasteiger partial charge in [0.1, 0.15) is 17.2 Å². The van der Waals surface area contributed by atoms with Crippen LogP contribution in [-0.4, -0.2) is 29.8 Å². The van der Waals surface area contributed by atoms with Gasteiger partial charge >= 0.3 is 0 Å². The van der Waals surface area contributed by atoms with E-state index in [1.807, 2.05) is 0 Å². The lowest BCUT2D eigenvalue weighted by Gasteiger charge is -2.07. The molecule has 0 aliphatic carbocycles. The maximum absolute atomic E-state index is 11.9. The van der Waals surface area contributed by atoms with Gasteiger partial charge in [0.2, 0.25) is 11.7 Å². The molecular weight excluding hydrogens is 421 g/mol. The first-order chi connectivity index (χ1) is 14.0. The fourth-order valence-electron chi connectivity index (χ4n) is 2.20. The first-order valence-corrected chi connectivity index (χ1v) is 9.22. The molecule has 0 saturated carbocycles. The highest BCUT2D eigenvalue weighted by Crippen LogP contribution is 2.27. The third-order valence-electron chi connectivity index (χ3n) is 3.63. The van der Waals surface area contributed by atoms with Gasteiger partial charge in [0.25, 0.3) is 5.91 Å². The van der Waals surface area contributed by atoms with Crippen LogP contribution in [0.4, 0.5) is 0 Å². The molecule has 0 radical (unpaired) electrons. The Hall–Kier alpha value is -2.97. The Bertz CT molecular complexity index is 963. The van der Waals surface area contributed by atoms with Crippen molar-refractivity contribution in [1.29, 1.82) is 0 Å². The number of hydrogen-bond acceptors (Lipinski definition) is 7. The monoisotopic (exact) mass is 437 g/mol. The van der Waals surface area contributed by atoms with Crippen molar-refractivity contribution in [3.05, 3.63) is 64.2 Å². The average Bonchev–Trinajstić information content (AvgIpc) is 3.18. The van der Waals surface area contributed by atoms with Crippen LogP contribution in [-0.2, 0) is 17.9 Å². The van der Waals surface area contributed by atoms with Crippen molar-refractivity contribution in [1.82, 2.24) is 15.5 Å². The zero-order valence-corrected chi connectivity index (χ0v) is 16.9. The molecule has 152 valence electrons. The number of carbonyl (C=O) groups excluding carboxylic acids is 1. The lowest BCUT2D eigenvalue weighted by molar-refractivity contribution is -0.123. The molecule has 0 saturated heterocycles. The fourth-order valence-corrected chi connectivity index (χ4v) is 2.66. The molecule has 0 atom stereocenters. The number of ether oxygens (including phenoxy) is 3. The second-order valence-corrected chi connectivity index (χ2v) is 6.55. The van der Waals surface area contributed by atoms with Crippen molar-refractivity contribution >= 4 is 29.1 Å². The molecule has 2 aromatic carbocycles. The van der Waals surface area contributed by atoms with Gasteiger partial charge in [-0.2, -0.15) is 4.98 Å². The second-order valence-electron chi connectivity index (χ2n) is 5.71. The van der Waals surface area contributed by atoms with Crippen molar-refractivity contribution in [3.8, 4) is 17.2 Å². The summed E-state index contributed by atoms with van der Waals surface area (Å²) in [6.07, 6.45) is 0. The van der Waals surface area contributed by atoms with E-state index in [-0.39, 0.29) is 31.6 Å². The number of benzene rings is 2. The van der Waals surface area contributed by atoms with Crippen LogP contribution in [0, 0.1) is 0 Å². The Morgan fingerprint density at radius 2 is 1.86 bits per heavy atom. The van der Waals surface area contributed by atoms with E-state index in [2.05, 4.69) is 15.5 Å². The molecule has 0 bridgehead atoms. The standard InChI is InChI=1S/C19H17Cl2N3O5/c1-26-13-3-5-14(6-4-13)27-10-17-23-19(29-24-17)9-22-18(25)11-28-16-7-2-12(20)8-15(16)21/h2-8H,9-11H2,1H3,(H,22,25). The summed E-state index contributed by atoms with van der Waals surface area (Å²) in [6, 6.07) is 11.8. The molecule has 0 aliphatic heterocycles. The van der Waals surface area contributed by atoms with Gasteiger partial charge in [0.15, 0.2) is 13.2 Å². The summed E-state index contributed by atoms with van der Waals surface area (Å²) in [5, 5.41) is 7.23. The van der Waals surface area contributed by atoms with Gasteiger partial charge < -0.3 is 24.1 Å². The lowest BCUT2D eigenvalue weighted by atomic mass is 10.3. The number of nitrogens with one attached hydrogen (secondary N) is 1. The molecule has 0 fully saturated rings. The van der Waals surface area contributed by atoms with Gasteiger partial charge in [0.05, 0.1) is 18.7 Å². The van der Waals surface area contributed by atoms with Crippen molar-refractivity contribution in [2.75, 3.05) is 13.7 Å². The molecule has 3 aromatic rings. The maximum Gasteiger partial charge on any atom is 0.258 e. The number of carbonyl (C=O) groups is 1. The van der Waals surface area contributed by atoms with E-state index in [0.717, 1.165) is 5.75 Å². The molecule has 0 unspecified atom stereocenters. The van der Waals surface area contributed by atoms with E-state index in [9.17, 15) is 4.79 Å². The first-order valence-electron chi connectivity index (χ1n) is 8.46. The van der Waals surface area contributed by atoms with Crippen LogP contribution in [0.15, 0.2) is 47.0 Å². The third kappa shape index (κ3) is 6.27. The fraction of sp³-hybridized carbons (Fsp3) is 0.211. The molecular formula is C19H17Cl2N3O5. The molecule has 1 heterocycles. The zero-order valence-electron chi connectivity index (χ0n) is 15.4. The van der Waals surface area contributed by atoms with Crippen LogP contribution in [0.2, 0.25) is 10.0 Å². The Morgan fingerprint density at radius 3 is 2.59 bits per heavy atom. The summed E-state index contributed by atoms with van der Waals surface area (Å²) in [5.41, 5.74) is 0. The van der Waals surface area contributed by atoms with Crippen molar-refractivity contribution < 1.29 is 23.5 Å². The minimum atomic E-state index is -0.370. The number of methoxy groups -OCH3 is 1. The third-order valence-corrected chi connectivity index (χ3v) is 4.16.